The van der Waals surface area contributed by atoms with Crippen molar-refractivity contribution in [1.29, 1.82) is 0 Å². The van der Waals surface area contributed by atoms with E-state index >= 15 is 0 Å². The number of nitrogens with zero attached hydrogens (tertiary/aromatic N) is 1. The Labute approximate surface area is 152 Å². The summed E-state index contributed by atoms with van der Waals surface area (Å²) < 4.78 is 0. The van der Waals surface area contributed by atoms with Crippen LogP contribution in [0.5, 0.6) is 0 Å². The molecule has 1 amide bonds. The molecule has 0 saturated heterocycles. The smallest absolute Gasteiger partial charge is 0.219 e. The predicted molar refractivity (Wildman–Crippen MR) is 106 cm³/mol. The Morgan fingerprint density at radius 1 is 0.920 bits per heavy atom. The van der Waals surface area contributed by atoms with E-state index < -0.39 is 0 Å². The molecule has 5 N–H and O–H groups in total. The van der Waals surface area contributed by atoms with Gasteiger partial charge in [-0.1, -0.05) is 60.7 Å². The van der Waals surface area contributed by atoms with Crippen molar-refractivity contribution in [3.63, 3.8) is 0 Å². The van der Waals surface area contributed by atoms with Gasteiger partial charge in [0, 0.05) is 40.2 Å². The maximum Gasteiger partial charge on any atom is 0.219 e. The van der Waals surface area contributed by atoms with E-state index in [1.807, 2.05) is 55.6 Å². The lowest BCUT2D eigenvalue weighted by atomic mass is 10.2. The van der Waals surface area contributed by atoms with Gasteiger partial charge in [-0.05, 0) is 18.2 Å². The van der Waals surface area contributed by atoms with Crippen molar-refractivity contribution in [3.05, 3.63) is 71.8 Å². The van der Waals surface area contributed by atoms with Crippen LogP contribution in [0.15, 0.2) is 60.7 Å². The summed E-state index contributed by atoms with van der Waals surface area (Å²) in [5.41, 5.74) is 12.3. The first-order chi connectivity index (χ1) is 12.0. The molecule has 0 aromatic heterocycles. The highest BCUT2D eigenvalue weighted by Gasteiger charge is 2.01. The van der Waals surface area contributed by atoms with Gasteiger partial charge in [-0.3, -0.25) is 4.79 Å². The van der Waals surface area contributed by atoms with Crippen LogP contribution < -0.4 is 16.8 Å². The van der Waals surface area contributed by atoms with E-state index in [0.717, 1.165) is 12.1 Å². The molecule has 0 spiro atoms. The summed E-state index contributed by atoms with van der Waals surface area (Å²) in [6, 6.07) is 20.3. The lowest BCUT2D eigenvalue weighted by Gasteiger charge is -2.14. The minimum absolute atomic E-state index is 0.0962. The molecule has 0 aliphatic heterocycles. The van der Waals surface area contributed by atoms with Crippen LogP contribution in [0.25, 0.3) is 0 Å². The van der Waals surface area contributed by atoms with E-state index in [2.05, 4.69) is 17.4 Å². The summed E-state index contributed by atoms with van der Waals surface area (Å²) in [6.45, 7) is 4.42. The van der Waals surface area contributed by atoms with Crippen molar-refractivity contribution in [1.82, 2.24) is 10.2 Å². The Bertz CT molecular complexity index is 544. The van der Waals surface area contributed by atoms with Gasteiger partial charge in [0.05, 0.1) is 0 Å². The lowest BCUT2D eigenvalue weighted by Crippen LogP contribution is -2.22. The molecular weight excluding hydrogens is 312 g/mol. The molecule has 0 unspecified atom stereocenters. The minimum Gasteiger partial charge on any atom is -0.342 e. The highest BCUT2D eigenvalue weighted by atomic mass is 16.2. The topological polar surface area (TPSA) is 84.4 Å². The number of nitrogens with one attached hydrogen (secondary N) is 1. The van der Waals surface area contributed by atoms with Crippen LogP contribution in [0, 0.1) is 0 Å². The van der Waals surface area contributed by atoms with Crippen LogP contribution in [-0.2, 0) is 17.9 Å². The Morgan fingerprint density at radius 3 is 1.72 bits per heavy atom. The summed E-state index contributed by atoms with van der Waals surface area (Å²) in [5, 5.41) is 3.08. The Morgan fingerprint density at radius 2 is 1.36 bits per heavy atom. The zero-order valence-corrected chi connectivity index (χ0v) is 15.6. The molecule has 0 heterocycles. The van der Waals surface area contributed by atoms with E-state index in [4.69, 9.17) is 11.5 Å². The Balaban J connectivity index is 0.000000391. The third kappa shape index (κ3) is 12.8. The van der Waals surface area contributed by atoms with Gasteiger partial charge in [-0.25, -0.2) is 0 Å². The zero-order valence-electron chi connectivity index (χ0n) is 15.6. The lowest BCUT2D eigenvalue weighted by molar-refractivity contribution is -0.128. The third-order valence-electron chi connectivity index (χ3n) is 3.19. The number of rotatable bonds is 5. The van der Waals surface area contributed by atoms with E-state index in [1.54, 1.807) is 18.9 Å². The summed E-state index contributed by atoms with van der Waals surface area (Å²) in [6.07, 6.45) is 0. The predicted octanol–water partition coefficient (Wildman–Crippen LogP) is 1.97. The van der Waals surface area contributed by atoms with Crippen molar-refractivity contribution in [2.75, 3.05) is 27.2 Å². The molecule has 5 heteroatoms. The van der Waals surface area contributed by atoms with Crippen molar-refractivity contribution in [2.24, 2.45) is 11.5 Å². The van der Waals surface area contributed by atoms with Gasteiger partial charge < -0.3 is 21.7 Å². The van der Waals surface area contributed by atoms with E-state index in [0.29, 0.717) is 19.6 Å². The van der Waals surface area contributed by atoms with Crippen LogP contribution >= 0.6 is 0 Å². The fourth-order valence-corrected chi connectivity index (χ4v) is 1.77. The molecule has 0 atom stereocenters. The summed E-state index contributed by atoms with van der Waals surface area (Å²) in [7, 11) is 3.75. The monoisotopic (exact) mass is 344 g/mol. The minimum atomic E-state index is 0.0962. The van der Waals surface area contributed by atoms with Gasteiger partial charge in [0.1, 0.15) is 0 Å². The first-order valence-corrected chi connectivity index (χ1v) is 8.39. The van der Waals surface area contributed by atoms with Crippen LogP contribution in [0.3, 0.4) is 0 Å². The molecular formula is C20H32N4O. The van der Waals surface area contributed by atoms with Crippen LogP contribution in [0.4, 0.5) is 0 Å². The molecule has 0 aliphatic carbocycles. The van der Waals surface area contributed by atoms with Crippen molar-refractivity contribution >= 4 is 5.91 Å². The van der Waals surface area contributed by atoms with Gasteiger partial charge in [-0.15, -0.1) is 0 Å². The number of amides is 1. The van der Waals surface area contributed by atoms with E-state index in [-0.39, 0.29) is 5.91 Å². The Kier molecular flexibility index (Phi) is 14.0. The maximum absolute atomic E-state index is 10.9. The molecule has 0 bridgehead atoms. The fourth-order valence-electron chi connectivity index (χ4n) is 1.77. The maximum atomic E-state index is 10.9. The molecule has 2 aromatic rings. The molecule has 25 heavy (non-hydrogen) atoms. The van der Waals surface area contributed by atoms with Crippen LogP contribution in [0.1, 0.15) is 18.1 Å². The molecule has 0 aliphatic rings. The van der Waals surface area contributed by atoms with Gasteiger partial charge in [0.15, 0.2) is 0 Å². The number of carbonyl (C=O) groups excluding carboxylic acids is 1. The van der Waals surface area contributed by atoms with Crippen LogP contribution in [-0.4, -0.2) is 38.0 Å². The molecule has 0 saturated carbocycles. The second-order valence-electron chi connectivity index (χ2n) is 5.45. The first-order valence-electron chi connectivity index (χ1n) is 8.39. The molecule has 0 radical (unpaired) electrons. The SMILES string of the molecule is CC(=O)N(C)Cc1ccccc1.CNCc1ccccc1.NCCN. The third-order valence-corrected chi connectivity index (χ3v) is 3.19. The highest BCUT2D eigenvalue weighted by molar-refractivity contribution is 5.72. The fraction of sp³-hybridized carbons (Fsp3) is 0.350. The molecule has 0 fully saturated rings. The summed E-state index contributed by atoms with van der Waals surface area (Å²) >= 11 is 0. The van der Waals surface area contributed by atoms with Crippen LogP contribution in [0.2, 0.25) is 0 Å². The first kappa shape index (κ1) is 22.8. The highest BCUT2D eigenvalue weighted by Crippen LogP contribution is 2.01. The van der Waals surface area contributed by atoms with Crippen molar-refractivity contribution in [2.45, 2.75) is 20.0 Å². The largest absolute Gasteiger partial charge is 0.342 e. The number of nitrogens with two attached hydrogens (primary N) is 2. The van der Waals surface area contributed by atoms with E-state index in [9.17, 15) is 4.79 Å². The summed E-state index contributed by atoms with van der Waals surface area (Å²) in [4.78, 5) is 12.6. The van der Waals surface area contributed by atoms with Gasteiger partial charge in [0.2, 0.25) is 5.91 Å². The van der Waals surface area contributed by atoms with E-state index in [1.165, 1.54) is 5.56 Å². The Hall–Kier alpha value is -2.21. The number of carbonyl (C=O) groups is 1. The second-order valence-corrected chi connectivity index (χ2v) is 5.45. The van der Waals surface area contributed by atoms with Crippen molar-refractivity contribution < 1.29 is 4.79 Å². The van der Waals surface area contributed by atoms with Gasteiger partial charge >= 0.3 is 0 Å². The van der Waals surface area contributed by atoms with Gasteiger partial charge in [0.25, 0.3) is 0 Å². The molecule has 2 rings (SSSR count). The summed E-state index contributed by atoms with van der Waals surface area (Å²) in [5.74, 6) is 0.0962. The number of hydrogen-bond donors (Lipinski definition) is 3. The molecule has 5 nitrogen and oxygen atoms in total. The number of hydrogen-bond acceptors (Lipinski definition) is 4. The van der Waals surface area contributed by atoms with Gasteiger partial charge in [-0.2, -0.15) is 0 Å². The second kappa shape index (κ2) is 15.3. The standard InChI is InChI=1S/C10H13NO.C8H11N.C2H8N2/c1-9(12)11(2)8-10-6-4-3-5-7-10;1-9-7-8-5-3-2-4-6-8;3-1-2-4/h3-7H,8H2,1-2H3;2-6,9H,7H2,1H3;1-4H2. The zero-order chi connectivity index (χ0) is 18.9. The number of benzene rings is 2. The molecule has 2 aromatic carbocycles. The van der Waals surface area contributed by atoms with Crippen molar-refractivity contribution in [3.8, 4) is 0 Å². The average Bonchev–Trinajstić information content (AvgIpc) is 2.64. The quantitative estimate of drug-likeness (QED) is 0.774. The average molecular weight is 345 g/mol. The molecule has 138 valence electrons. The normalized spacial score (nSPS) is 9.16.